The maximum absolute atomic E-state index is 13.0. The number of benzene rings is 3. The molecule has 0 bridgehead atoms. The number of imide groups is 1. The molecule has 0 spiro atoms. The number of nitrogens with zero attached hydrogens (tertiary/aromatic N) is 1. The molecule has 1 heterocycles. The Labute approximate surface area is 242 Å². The molecule has 1 fully saturated rings. The van der Waals surface area contributed by atoms with E-state index in [9.17, 15) is 14.4 Å². The van der Waals surface area contributed by atoms with E-state index in [1.54, 1.807) is 66.7 Å². The highest BCUT2D eigenvalue weighted by atomic mass is 79.9. The molecule has 0 saturated carbocycles. The number of hydrogen-bond acceptors (Lipinski definition) is 6. The van der Waals surface area contributed by atoms with Gasteiger partial charge in [-0.05, 0) is 79.4 Å². The number of carbonyl (C=O) groups excluding carboxylic acids is 3. The van der Waals surface area contributed by atoms with Crippen LogP contribution in [0.4, 0.5) is 10.5 Å². The Hall–Kier alpha value is -2.98. The SMILES string of the molecule is CCOc1ccc(NC(=O)CN2C(=O)S/C(=C/c3cc(Br)ccc3OCc3ccc(Cl)cc3Cl)C2=O)cc1. The highest BCUT2D eigenvalue weighted by molar-refractivity contribution is 9.10. The molecule has 1 aliphatic rings. The summed E-state index contributed by atoms with van der Waals surface area (Å²) < 4.78 is 12.1. The summed E-state index contributed by atoms with van der Waals surface area (Å²) in [5.41, 5.74) is 1.84. The van der Waals surface area contributed by atoms with E-state index in [2.05, 4.69) is 21.2 Å². The van der Waals surface area contributed by atoms with Gasteiger partial charge in [-0.2, -0.15) is 0 Å². The lowest BCUT2D eigenvalue weighted by atomic mass is 10.1. The minimum atomic E-state index is -0.562. The van der Waals surface area contributed by atoms with E-state index in [4.69, 9.17) is 32.7 Å². The van der Waals surface area contributed by atoms with Crippen molar-refractivity contribution in [1.82, 2.24) is 4.90 Å². The topological polar surface area (TPSA) is 84.9 Å². The molecule has 0 aromatic heterocycles. The highest BCUT2D eigenvalue weighted by Gasteiger charge is 2.36. The maximum Gasteiger partial charge on any atom is 0.294 e. The fourth-order valence-corrected chi connectivity index (χ4v) is 5.15. The smallest absolute Gasteiger partial charge is 0.294 e. The second-order valence-corrected chi connectivity index (χ2v) is 10.7. The largest absolute Gasteiger partial charge is 0.494 e. The molecule has 0 radical (unpaired) electrons. The summed E-state index contributed by atoms with van der Waals surface area (Å²) in [7, 11) is 0. The molecule has 1 aliphatic heterocycles. The summed E-state index contributed by atoms with van der Waals surface area (Å²) in [5, 5.41) is 3.15. The lowest BCUT2D eigenvalue weighted by Gasteiger charge is -2.13. The monoisotopic (exact) mass is 634 g/mol. The number of hydrogen-bond donors (Lipinski definition) is 1. The normalized spacial score (nSPS) is 14.2. The van der Waals surface area contributed by atoms with Crippen LogP contribution in [0.1, 0.15) is 18.1 Å². The molecular formula is C27H21BrCl2N2O5S. The van der Waals surface area contributed by atoms with E-state index in [0.29, 0.717) is 39.4 Å². The number of halogens is 3. The number of thioether (sulfide) groups is 1. The fourth-order valence-electron chi connectivity index (χ4n) is 3.48. The van der Waals surface area contributed by atoms with Crippen LogP contribution in [-0.2, 0) is 16.2 Å². The number of amides is 3. The molecule has 0 unspecified atom stereocenters. The van der Waals surface area contributed by atoms with Gasteiger partial charge in [-0.25, -0.2) is 0 Å². The first-order valence-electron chi connectivity index (χ1n) is 11.4. The van der Waals surface area contributed by atoms with Gasteiger partial charge in [0.2, 0.25) is 5.91 Å². The van der Waals surface area contributed by atoms with Crippen LogP contribution < -0.4 is 14.8 Å². The van der Waals surface area contributed by atoms with Crippen molar-refractivity contribution in [3.05, 3.63) is 91.2 Å². The minimum Gasteiger partial charge on any atom is -0.494 e. The summed E-state index contributed by atoms with van der Waals surface area (Å²) in [5.74, 6) is 0.102. The molecule has 0 aliphatic carbocycles. The third kappa shape index (κ3) is 7.11. The third-order valence-electron chi connectivity index (χ3n) is 5.28. The summed E-state index contributed by atoms with van der Waals surface area (Å²) in [4.78, 5) is 39.2. The summed E-state index contributed by atoms with van der Waals surface area (Å²) in [6.45, 7) is 2.17. The predicted octanol–water partition coefficient (Wildman–Crippen LogP) is 7.41. The number of ether oxygens (including phenoxy) is 2. The van der Waals surface area contributed by atoms with Gasteiger partial charge in [0, 0.05) is 31.3 Å². The van der Waals surface area contributed by atoms with Crippen LogP contribution in [-0.4, -0.2) is 35.1 Å². The average Bonchev–Trinajstić information content (AvgIpc) is 3.13. The van der Waals surface area contributed by atoms with E-state index >= 15 is 0 Å². The van der Waals surface area contributed by atoms with Crippen molar-refractivity contribution in [2.24, 2.45) is 0 Å². The first kappa shape index (κ1) is 28.0. The van der Waals surface area contributed by atoms with Gasteiger partial charge in [-0.1, -0.05) is 45.2 Å². The summed E-state index contributed by atoms with van der Waals surface area (Å²) in [6, 6.07) is 17.2. The fraction of sp³-hybridized carbons (Fsp3) is 0.148. The molecule has 11 heteroatoms. The van der Waals surface area contributed by atoms with Crippen molar-refractivity contribution in [3.8, 4) is 11.5 Å². The molecule has 196 valence electrons. The van der Waals surface area contributed by atoms with Gasteiger partial charge >= 0.3 is 0 Å². The van der Waals surface area contributed by atoms with E-state index in [1.165, 1.54) is 0 Å². The van der Waals surface area contributed by atoms with Gasteiger partial charge < -0.3 is 14.8 Å². The average molecular weight is 636 g/mol. The zero-order valence-corrected chi connectivity index (χ0v) is 23.9. The molecule has 0 atom stereocenters. The van der Waals surface area contributed by atoms with Crippen LogP contribution in [0.15, 0.2) is 70.0 Å². The Balaban J connectivity index is 1.45. The van der Waals surface area contributed by atoms with Gasteiger partial charge in [0.1, 0.15) is 24.7 Å². The number of carbonyl (C=O) groups is 3. The van der Waals surface area contributed by atoms with Gasteiger partial charge in [-0.3, -0.25) is 19.3 Å². The molecule has 1 saturated heterocycles. The molecule has 4 rings (SSSR count). The second kappa shape index (κ2) is 12.7. The molecule has 3 aromatic rings. The van der Waals surface area contributed by atoms with Crippen molar-refractivity contribution in [1.29, 1.82) is 0 Å². The number of nitrogens with one attached hydrogen (secondary N) is 1. The first-order valence-corrected chi connectivity index (χ1v) is 13.7. The first-order chi connectivity index (χ1) is 18.2. The van der Waals surface area contributed by atoms with Crippen LogP contribution in [0.5, 0.6) is 11.5 Å². The van der Waals surface area contributed by atoms with Crippen molar-refractivity contribution >= 4 is 79.7 Å². The Morgan fingerprint density at radius 3 is 2.53 bits per heavy atom. The van der Waals surface area contributed by atoms with Crippen molar-refractivity contribution in [2.75, 3.05) is 18.5 Å². The van der Waals surface area contributed by atoms with Gasteiger partial charge in [0.15, 0.2) is 0 Å². The van der Waals surface area contributed by atoms with E-state index < -0.39 is 23.6 Å². The third-order valence-corrected chi connectivity index (χ3v) is 7.27. The Morgan fingerprint density at radius 1 is 1.05 bits per heavy atom. The molecule has 7 nitrogen and oxygen atoms in total. The van der Waals surface area contributed by atoms with Crippen molar-refractivity contribution in [2.45, 2.75) is 13.5 Å². The lowest BCUT2D eigenvalue weighted by molar-refractivity contribution is -0.127. The maximum atomic E-state index is 13.0. The summed E-state index contributed by atoms with van der Waals surface area (Å²) in [6.07, 6.45) is 1.57. The van der Waals surface area contributed by atoms with E-state index in [-0.39, 0.29) is 11.5 Å². The predicted molar refractivity (Wildman–Crippen MR) is 154 cm³/mol. The van der Waals surface area contributed by atoms with Crippen LogP contribution in [0.3, 0.4) is 0 Å². The zero-order valence-electron chi connectivity index (χ0n) is 20.0. The van der Waals surface area contributed by atoms with Crippen molar-refractivity contribution < 1.29 is 23.9 Å². The Bertz CT molecular complexity index is 1420. The van der Waals surface area contributed by atoms with E-state index in [0.717, 1.165) is 26.7 Å². The van der Waals surface area contributed by atoms with E-state index in [1.807, 2.05) is 6.92 Å². The highest BCUT2D eigenvalue weighted by Crippen LogP contribution is 2.35. The van der Waals surface area contributed by atoms with Gasteiger partial charge in [0.25, 0.3) is 11.1 Å². The molecule has 38 heavy (non-hydrogen) atoms. The molecular weight excluding hydrogens is 615 g/mol. The molecule has 3 amide bonds. The quantitative estimate of drug-likeness (QED) is 0.247. The van der Waals surface area contributed by atoms with Crippen LogP contribution in [0.25, 0.3) is 6.08 Å². The molecule has 3 aromatic carbocycles. The lowest BCUT2D eigenvalue weighted by Crippen LogP contribution is -2.36. The summed E-state index contributed by atoms with van der Waals surface area (Å²) >= 11 is 16.4. The molecule has 1 N–H and O–H groups in total. The number of rotatable bonds is 9. The van der Waals surface area contributed by atoms with Crippen LogP contribution in [0.2, 0.25) is 10.0 Å². The standard InChI is InChI=1S/C27H21BrCl2N2O5S/c1-2-36-21-8-6-20(7-9-21)31-25(33)14-32-26(34)24(38-27(32)35)12-17-11-18(28)4-10-23(17)37-15-16-3-5-19(29)13-22(16)30/h3-13H,2,14-15H2,1H3,(H,31,33)/b24-12+. The minimum absolute atomic E-state index is 0.172. The second-order valence-electron chi connectivity index (χ2n) is 7.98. The van der Waals surface area contributed by atoms with Gasteiger partial charge in [0.05, 0.1) is 11.5 Å². The van der Waals surface area contributed by atoms with Crippen LogP contribution in [0, 0.1) is 0 Å². The van der Waals surface area contributed by atoms with Gasteiger partial charge in [-0.15, -0.1) is 0 Å². The zero-order chi connectivity index (χ0) is 27.2. The Morgan fingerprint density at radius 2 is 1.82 bits per heavy atom. The number of anilines is 1. The van der Waals surface area contributed by atoms with Crippen molar-refractivity contribution in [3.63, 3.8) is 0 Å². The van der Waals surface area contributed by atoms with Crippen LogP contribution >= 0.6 is 50.9 Å². The Kier molecular flexibility index (Phi) is 9.38.